The third-order valence-corrected chi connectivity index (χ3v) is 8.05. The summed E-state index contributed by atoms with van der Waals surface area (Å²) in [5.41, 5.74) is 3.70. The first-order chi connectivity index (χ1) is 20.7. The molecule has 43 heavy (non-hydrogen) atoms. The fraction of sp³-hybridized carbons (Fsp3) is 0.424. The number of carbonyl (C=O) groups is 1. The van der Waals surface area contributed by atoms with Crippen LogP contribution in [0.2, 0.25) is 0 Å². The van der Waals surface area contributed by atoms with E-state index in [-0.39, 0.29) is 17.7 Å². The lowest BCUT2D eigenvalue weighted by Gasteiger charge is -2.36. The first kappa shape index (κ1) is 28.6. The number of anilines is 3. The van der Waals surface area contributed by atoms with Crippen LogP contribution in [0.15, 0.2) is 65.7 Å². The molecule has 0 bridgehead atoms. The number of nitrogens with zero attached hydrogens (tertiary/aromatic N) is 6. The minimum absolute atomic E-state index is 0.00539. The molecule has 0 spiro atoms. The zero-order valence-corrected chi connectivity index (χ0v) is 25.1. The molecule has 10 nitrogen and oxygen atoms in total. The average molecular weight is 582 g/mol. The van der Waals surface area contributed by atoms with Gasteiger partial charge in [0, 0.05) is 79.1 Å². The second kappa shape index (κ2) is 12.0. The Balaban J connectivity index is 1.18. The topological polar surface area (TPSA) is 105 Å². The van der Waals surface area contributed by atoms with Gasteiger partial charge in [-0.2, -0.15) is 4.98 Å². The number of hydrogen-bond donors (Lipinski definition) is 1. The lowest BCUT2D eigenvalue weighted by Crippen LogP contribution is -2.50. The number of fused-ring (bicyclic) bond motifs is 1. The number of pyridine rings is 2. The van der Waals surface area contributed by atoms with Crippen molar-refractivity contribution in [2.45, 2.75) is 64.5 Å². The van der Waals surface area contributed by atoms with Gasteiger partial charge in [-0.25, -0.2) is 9.78 Å². The molecule has 4 aromatic rings. The zero-order chi connectivity index (χ0) is 30.0. The van der Waals surface area contributed by atoms with Crippen molar-refractivity contribution in [2.24, 2.45) is 0 Å². The zero-order valence-electron chi connectivity index (χ0n) is 25.1. The van der Waals surface area contributed by atoms with E-state index in [2.05, 4.69) is 32.3 Å². The highest BCUT2D eigenvalue weighted by Gasteiger charge is 2.26. The molecule has 224 valence electrons. The number of amides is 1. The summed E-state index contributed by atoms with van der Waals surface area (Å²) in [7, 11) is 0. The second-order valence-corrected chi connectivity index (χ2v) is 12.4. The molecule has 1 saturated heterocycles. The van der Waals surface area contributed by atoms with Crippen LogP contribution in [0.5, 0.6) is 0 Å². The second-order valence-electron chi connectivity index (χ2n) is 12.4. The molecule has 4 heterocycles. The molecule has 1 saturated carbocycles. The van der Waals surface area contributed by atoms with Gasteiger partial charge >= 0.3 is 6.09 Å². The van der Waals surface area contributed by atoms with Gasteiger partial charge in [-0.3, -0.25) is 14.3 Å². The molecule has 1 aliphatic heterocycles. The van der Waals surface area contributed by atoms with Crippen molar-refractivity contribution in [3.8, 4) is 0 Å². The van der Waals surface area contributed by atoms with Gasteiger partial charge in [0.25, 0.3) is 5.56 Å². The number of benzene rings is 1. The number of rotatable bonds is 6. The van der Waals surface area contributed by atoms with Crippen molar-refractivity contribution in [1.82, 2.24) is 24.4 Å². The smallest absolute Gasteiger partial charge is 0.410 e. The Morgan fingerprint density at radius 1 is 1.00 bits per heavy atom. The van der Waals surface area contributed by atoms with Crippen molar-refractivity contribution < 1.29 is 9.53 Å². The van der Waals surface area contributed by atoms with Gasteiger partial charge < -0.3 is 19.9 Å². The number of aromatic nitrogens is 4. The summed E-state index contributed by atoms with van der Waals surface area (Å²) >= 11 is 0. The number of ether oxygens (including phenoxy) is 1. The molecule has 2 aliphatic rings. The standard InChI is InChI=1S/C33H39N7O3/c1-33(2,3)43-32(42)39-18-16-38(17-19-39)27-13-11-25(12-14-27)36-31-35-22-24-20-23(21-26-8-6-7-15-34-26)30(41)40(29(24)37-31)28-9-4-5-10-28/h6-8,11-15,20,22,28H,4-5,9-10,16-19,21H2,1-3H3,(H,35,36,37). The molecule has 1 aromatic carbocycles. The van der Waals surface area contributed by atoms with Crippen molar-refractivity contribution >= 4 is 34.4 Å². The Morgan fingerprint density at radius 3 is 2.42 bits per heavy atom. The Labute approximate surface area is 251 Å². The molecule has 1 N–H and O–H groups in total. The van der Waals surface area contributed by atoms with E-state index in [1.807, 2.05) is 61.7 Å². The summed E-state index contributed by atoms with van der Waals surface area (Å²) in [4.78, 5) is 44.1. The minimum atomic E-state index is -0.497. The normalized spacial score (nSPS) is 16.1. The molecular formula is C33H39N7O3. The highest BCUT2D eigenvalue weighted by atomic mass is 16.6. The van der Waals surface area contributed by atoms with Crippen LogP contribution in [0.25, 0.3) is 11.0 Å². The lowest BCUT2D eigenvalue weighted by molar-refractivity contribution is 0.0240. The van der Waals surface area contributed by atoms with Gasteiger partial charge in [-0.15, -0.1) is 0 Å². The van der Waals surface area contributed by atoms with Crippen LogP contribution < -0.4 is 15.8 Å². The third-order valence-electron chi connectivity index (χ3n) is 8.05. The van der Waals surface area contributed by atoms with Crippen LogP contribution in [-0.4, -0.2) is 62.3 Å². The van der Waals surface area contributed by atoms with Gasteiger partial charge in [-0.05, 0) is 76.1 Å². The largest absolute Gasteiger partial charge is 0.444 e. The number of hydrogen-bond acceptors (Lipinski definition) is 8. The molecule has 1 amide bonds. The minimum Gasteiger partial charge on any atom is -0.444 e. The lowest BCUT2D eigenvalue weighted by atomic mass is 10.1. The molecular weight excluding hydrogens is 542 g/mol. The molecule has 0 radical (unpaired) electrons. The summed E-state index contributed by atoms with van der Waals surface area (Å²) < 4.78 is 7.41. The molecule has 0 atom stereocenters. The number of nitrogens with one attached hydrogen (secondary N) is 1. The first-order valence-electron chi connectivity index (χ1n) is 15.1. The molecule has 6 rings (SSSR count). The monoisotopic (exact) mass is 581 g/mol. The third kappa shape index (κ3) is 6.63. The van der Waals surface area contributed by atoms with E-state index in [0.29, 0.717) is 36.7 Å². The summed E-state index contributed by atoms with van der Waals surface area (Å²) in [6.45, 7) is 8.36. The summed E-state index contributed by atoms with van der Waals surface area (Å²) in [5, 5.41) is 4.18. The van der Waals surface area contributed by atoms with E-state index in [9.17, 15) is 9.59 Å². The van der Waals surface area contributed by atoms with Crippen molar-refractivity contribution in [3.63, 3.8) is 0 Å². The van der Waals surface area contributed by atoms with Gasteiger partial charge in [0.15, 0.2) is 0 Å². The van der Waals surface area contributed by atoms with Gasteiger partial charge in [0.1, 0.15) is 11.2 Å². The maximum atomic E-state index is 13.8. The quantitative estimate of drug-likeness (QED) is 0.310. The van der Waals surface area contributed by atoms with Crippen molar-refractivity contribution in [2.75, 3.05) is 36.4 Å². The molecule has 1 aliphatic carbocycles. The fourth-order valence-electron chi connectivity index (χ4n) is 5.92. The number of carbonyl (C=O) groups excluding carboxylic acids is 1. The van der Waals surface area contributed by atoms with E-state index in [0.717, 1.165) is 61.2 Å². The van der Waals surface area contributed by atoms with Crippen LogP contribution >= 0.6 is 0 Å². The molecule has 3 aromatic heterocycles. The molecule has 10 heteroatoms. The highest BCUT2D eigenvalue weighted by Crippen LogP contribution is 2.31. The van der Waals surface area contributed by atoms with Crippen LogP contribution in [0.1, 0.15) is 63.8 Å². The highest BCUT2D eigenvalue weighted by molar-refractivity contribution is 5.77. The summed E-state index contributed by atoms with van der Waals surface area (Å²) in [5.74, 6) is 0.454. The molecule has 0 unspecified atom stereocenters. The fourth-order valence-corrected chi connectivity index (χ4v) is 5.92. The van der Waals surface area contributed by atoms with E-state index in [1.54, 1.807) is 17.3 Å². The Bertz CT molecular complexity index is 1630. The Hall–Kier alpha value is -4.47. The Morgan fingerprint density at radius 2 is 1.74 bits per heavy atom. The van der Waals surface area contributed by atoms with Crippen LogP contribution in [0.3, 0.4) is 0 Å². The summed E-state index contributed by atoms with van der Waals surface area (Å²) in [6.07, 6.45) is 7.95. The van der Waals surface area contributed by atoms with Crippen molar-refractivity contribution in [3.05, 3.63) is 82.5 Å². The molecule has 2 fully saturated rings. The van der Waals surface area contributed by atoms with Gasteiger partial charge in [-0.1, -0.05) is 18.9 Å². The van der Waals surface area contributed by atoms with Gasteiger partial charge in [0.05, 0.1) is 0 Å². The van der Waals surface area contributed by atoms with Crippen LogP contribution in [0, 0.1) is 0 Å². The predicted molar refractivity (Wildman–Crippen MR) is 168 cm³/mol. The van der Waals surface area contributed by atoms with E-state index in [4.69, 9.17) is 9.72 Å². The Kier molecular flexibility index (Phi) is 8.01. The van der Waals surface area contributed by atoms with E-state index >= 15 is 0 Å². The number of piperazine rings is 1. The van der Waals surface area contributed by atoms with Crippen molar-refractivity contribution in [1.29, 1.82) is 0 Å². The van der Waals surface area contributed by atoms with Gasteiger partial charge in [0.2, 0.25) is 5.95 Å². The predicted octanol–water partition coefficient (Wildman–Crippen LogP) is 5.69. The average Bonchev–Trinajstić information content (AvgIpc) is 3.53. The first-order valence-corrected chi connectivity index (χ1v) is 15.1. The van der Waals surface area contributed by atoms with Crippen LogP contribution in [-0.2, 0) is 11.2 Å². The van der Waals surface area contributed by atoms with Crippen LogP contribution in [0.4, 0.5) is 22.1 Å². The van der Waals surface area contributed by atoms with E-state index in [1.165, 1.54) is 0 Å². The SMILES string of the molecule is CC(C)(C)OC(=O)N1CCN(c2ccc(Nc3ncc4cc(Cc5ccccn5)c(=O)n(C5CCCC5)c4n3)cc2)CC1. The summed E-state index contributed by atoms with van der Waals surface area (Å²) in [6, 6.07) is 15.9. The van der Waals surface area contributed by atoms with E-state index < -0.39 is 5.60 Å². The maximum Gasteiger partial charge on any atom is 0.410 e. The maximum absolute atomic E-state index is 13.8.